The first-order valence-electron chi connectivity index (χ1n) is 7.16. The van der Waals surface area contributed by atoms with Crippen LogP contribution >= 0.6 is 0 Å². The Morgan fingerprint density at radius 2 is 1.79 bits per heavy atom. The molecule has 5 heteroatoms. The lowest BCUT2D eigenvalue weighted by Gasteiger charge is -2.41. The SMILES string of the molecule is CCC1(CO)CCN(C(=O)C2(C(=O)NC)CC2)CC1. The molecule has 1 aliphatic carbocycles. The second kappa shape index (κ2) is 5.12. The van der Waals surface area contributed by atoms with E-state index in [0.717, 1.165) is 19.3 Å². The van der Waals surface area contributed by atoms with Gasteiger partial charge in [-0.2, -0.15) is 0 Å². The van der Waals surface area contributed by atoms with Crippen LogP contribution in [0.4, 0.5) is 0 Å². The Kier molecular flexibility index (Phi) is 3.85. The van der Waals surface area contributed by atoms with Crippen molar-refractivity contribution in [3.63, 3.8) is 0 Å². The Labute approximate surface area is 114 Å². The van der Waals surface area contributed by atoms with Gasteiger partial charge in [-0.3, -0.25) is 9.59 Å². The molecular weight excluding hydrogens is 244 g/mol. The molecule has 1 aliphatic heterocycles. The van der Waals surface area contributed by atoms with Gasteiger partial charge >= 0.3 is 0 Å². The summed E-state index contributed by atoms with van der Waals surface area (Å²) in [5, 5.41) is 12.1. The largest absolute Gasteiger partial charge is 0.396 e. The quantitative estimate of drug-likeness (QED) is 0.731. The predicted octanol–water partition coefficient (Wildman–Crippen LogP) is 0.524. The molecule has 0 atom stereocenters. The van der Waals surface area contributed by atoms with Crippen molar-refractivity contribution < 1.29 is 14.7 Å². The maximum absolute atomic E-state index is 12.5. The van der Waals surface area contributed by atoms with Crippen LogP contribution in [-0.2, 0) is 9.59 Å². The van der Waals surface area contributed by atoms with Gasteiger partial charge in [0.25, 0.3) is 0 Å². The summed E-state index contributed by atoms with van der Waals surface area (Å²) in [5.74, 6) is -0.165. The lowest BCUT2D eigenvalue weighted by Crippen LogP contribution is -2.50. The number of nitrogens with zero attached hydrogens (tertiary/aromatic N) is 1. The smallest absolute Gasteiger partial charge is 0.238 e. The highest BCUT2D eigenvalue weighted by Crippen LogP contribution is 2.48. The Morgan fingerprint density at radius 3 is 2.16 bits per heavy atom. The number of nitrogens with one attached hydrogen (secondary N) is 1. The third-order valence-electron chi connectivity index (χ3n) is 5.02. The summed E-state index contributed by atoms with van der Waals surface area (Å²) in [6, 6.07) is 0. The summed E-state index contributed by atoms with van der Waals surface area (Å²) >= 11 is 0. The minimum Gasteiger partial charge on any atom is -0.396 e. The normalized spacial score (nSPS) is 23.8. The number of aliphatic hydroxyl groups is 1. The summed E-state index contributed by atoms with van der Waals surface area (Å²) in [5.41, 5.74) is -0.805. The van der Waals surface area contributed by atoms with Crippen LogP contribution in [0.2, 0.25) is 0 Å². The first kappa shape index (κ1) is 14.3. The second-order valence-corrected chi connectivity index (χ2v) is 5.97. The topological polar surface area (TPSA) is 69.6 Å². The highest BCUT2D eigenvalue weighted by molar-refractivity contribution is 6.07. The third kappa shape index (κ3) is 2.36. The van der Waals surface area contributed by atoms with Crippen molar-refractivity contribution in [2.24, 2.45) is 10.8 Å². The standard InChI is InChI=1S/C14H24N2O3/c1-3-13(10-17)6-8-16(9-7-13)12(19)14(4-5-14)11(18)15-2/h17H,3-10H2,1-2H3,(H,15,18). The molecule has 0 aromatic heterocycles. The van der Waals surface area contributed by atoms with Crippen molar-refractivity contribution in [2.45, 2.75) is 39.0 Å². The van der Waals surface area contributed by atoms with E-state index in [4.69, 9.17) is 0 Å². The number of carbonyl (C=O) groups excluding carboxylic acids is 2. The van der Waals surface area contributed by atoms with Gasteiger partial charge in [0.05, 0.1) is 0 Å². The number of likely N-dealkylation sites (tertiary alicyclic amines) is 1. The van der Waals surface area contributed by atoms with E-state index in [1.165, 1.54) is 0 Å². The Bertz CT molecular complexity index is 363. The predicted molar refractivity (Wildman–Crippen MR) is 71.4 cm³/mol. The van der Waals surface area contributed by atoms with Crippen LogP contribution in [0.5, 0.6) is 0 Å². The zero-order valence-corrected chi connectivity index (χ0v) is 11.9. The molecule has 2 aliphatic rings. The lowest BCUT2D eigenvalue weighted by atomic mass is 9.76. The molecule has 2 rings (SSSR count). The molecule has 2 amide bonds. The number of piperidine rings is 1. The zero-order valence-electron chi connectivity index (χ0n) is 11.9. The van der Waals surface area contributed by atoms with Gasteiger partial charge in [0.1, 0.15) is 5.41 Å². The van der Waals surface area contributed by atoms with Crippen molar-refractivity contribution >= 4 is 11.8 Å². The van der Waals surface area contributed by atoms with E-state index in [1.54, 1.807) is 7.05 Å². The highest BCUT2D eigenvalue weighted by atomic mass is 16.3. The van der Waals surface area contributed by atoms with E-state index < -0.39 is 5.41 Å². The molecule has 1 heterocycles. The van der Waals surface area contributed by atoms with Crippen molar-refractivity contribution in [2.75, 3.05) is 26.7 Å². The van der Waals surface area contributed by atoms with E-state index in [0.29, 0.717) is 25.9 Å². The third-order valence-corrected chi connectivity index (χ3v) is 5.02. The molecule has 108 valence electrons. The summed E-state index contributed by atoms with van der Waals surface area (Å²) in [7, 11) is 1.58. The molecule has 0 radical (unpaired) electrons. The number of amides is 2. The van der Waals surface area contributed by atoms with Gasteiger partial charge in [-0.05, 0) is 37.5 Å². The monoisotopic (exact) mass is 268 g/mol. The van der Waals surface area contributed by atoms with Crippen LogP contribution in [0, 0.1) is 10.8 Å². The first-order valence-corrected chi connectivity index (χ1v) is 7.16. The fourth-order valence-corrected chi connectivity index (χ4v) is 3.01. The summed E-state index contributed by atoms with van der Waals surface area (Å²) < 4.78 is 0. The van der Waals surface area contributed by atoms with Gasteiger partial charge in [0.2, 0.25) is 11.8 Å². The van der Waals surface area contributed by atoms with E-state index in [1.807, 2.05) is 4.90 Å². The van der Waals surface area contributed by atoms with Gasteiger partial charge in [-0.25, -0.2) is 0 Å². The number of hydrogen-bond acceptors (Lipinski definition) is 3. The van der Waals surface area contributed by atoms with E-state index in [2.05, 4.69) is 12.2 Å². The average molecular weight is 268 g/mol. The van der Waals surface area contributed by atoms with Crippen LogP contribution in [0.1, 0.15) is 39.0 Å². The van der Waals surface area contributed by atoms with Gasteiger partial charge in [-0.1, -0.05) is 6.92 Å². The summed E-state index contributed by atoms with van der Waals surface area (Å²) in [4.78, 5) is 26.1. The molecule has 0 unspecified atom stereocenters. The molecule has 0 spiro atoms. The second-order valence-electron chi connectivity index (χ2n) is 5.97. The van der Waals surface area contributed by atoms with E-state index >= 15 is 0 Å². The molecule has 2 fully saturated rings. The van der Waals surface area contributed by atoms with Crippen LogP contribution in [-0.4, -0.2) is 48.6 Å². The molecule has 5 nitrogen and oxygen atoms in total. The van der Waals surface area contributed by atoms with E-state index in [9.17, 15) is 14.7 Å². The Hall–Kier alpha value is -1.10. The van der Waals surface area contributed by atoms with Gasteiger partial charge < -0.3 is 15.3 Å². The molecule has 0 aromatic rings. The fourth-order valence-electron chi connectivity index (χ4n) is 3.01. The zero-order chi connectivity index (χ0) is 14.1. The maximum Gasteiger partial charge on any atom is 0.238 e. The first-order chi connectivity index (χ1) is 9.03. The molecule has 0 bridgehead atoms. The van der Waals surface area contributed by atoms with Crippen LogP contribution < -0.4 is 5.32 Å². The minimum absolute atomic E-state index is 0.0190. The molecule has 2 N–H and O–H groups in total. The van der Waals surface area contributed by atoms with Gasteiger partial charge in [0.15, 0.2) is 0 Å². The fraction of sp³-hybridized carbons (Fsp3) is 0.857. The molecule has 1 saturated carbocycles. The molecule has 1 saturated heterocycles. The number of aliphatic hydroxyl groups excluding tert-OH is 1. The van der Waals surface area contributed by atoms with Crippen LogP contribution in [0.3, 0.4) is 0 Å². The highest BCUT2D eigenvalue weighted by Gasteiger charge is 2.58. The molecular formula is C14H24N2O3. The van der Waals surface area contributed by atoms with E-state index in [-0.39, 0.29) is 23.8 Å². The molecule has 0 aromatic carbocycles. The number of hydrogen-bond donors (Lipinski definition) is 2. The van der Waals surface area contributed by atoms with Gasteiger partial charge in [-0.15, -0.1) is 0 Å². The maximum atomic E-state index is 12.5. The minimum atomic E-state index is -0.778. The van der Waals surface area contributed by atoms with Crippen molar-refractivity contribution in [3.05, 3.63) is 0 Å². The average Bonchev–Trinajstić information content (AvgIpc) is 3.27. The Balaban J connectivity index is 1.99. The lowest BCUT2D eigenvalue weighted by molar-refractivity contribution is -0.146. The Morgan fingerprint density at radius 1 is 1.21 bits per heavy atom. The number of carbonyl (C=O) groups is 2. The van der Waals surface area contributed by atoms with Crippen molar-refractivity contribution in [1.29, 1.82) is 0 Å². The molecule has 19 heavy (non-hydrogen) atoms. The van der Waals surface area contributed by atoms with Crippen molar-refractivity contribution in [1.82, 2.24) is 10.2 Å². The van der Waals surface area contributed by atoms with Crippen LogP contribution in [0.25, 0.3) is 0 Å². The van der Waals surface area contributed by atoms with Crippen LogP contribution in [0.15, 0.2) is 0 Å². The van der Waals surface area contributed by atoms with Gasteiger partial charge in [0, 0.05) is 26.7 Å². The number of rotatable bonds is 4. The van der Waals surface area contributed by atoms with Crippen molar-refractivity contribution in [3.8, 4) is 0 Å². The summed E-state index contributed by atoms with van der Waals surface area (Å²) in [6.07, 6.45) is 3.93. The summed E-state index contributed by atoms with van der Waals surface area (Å²) in [6.45, 7) is 3.59.